The zero-order chi connectivity index (χ0) is 13.7. The van der Waals surface area contributed by atoms with Gasteiger partial charge in [0.2, 0.25) is 0 Å². The third-order valence-electron chi connectivity index (χ3n) is 3.26. The van der Waals surface area contributed by atoms with Gasteiger partial charge in [-0.05, 0) is 42.7 Å². The minimum absolute atomic E-state index is 0.247. The van der Waals surface area contributed by atoms with Gasteiger partial charge < -0.3 is 5.32 Å². The number of nitrogens with one attached hydrogen (secondary N) is 1. The summed E-state index contributed by atoms with van der Waals surface area (Å²) in [5.41, 5.74) is 3.80. The van der Waals surface area contributed by atoms with Crippen molar-refractivity contribution in [2.75, 3.05) is 5.32 Å². The third-order valence-corrected chi connectivity index (χ3v) is 3.49. The molecule has 0 amide bonds. The number of para-hydroxylation sites is 1. The number of aryl methyl sites for hydroxylation is 1. The van der Waals surface area contributed by atoms with E-state index in [9.17, 15) is 0 Å². The van der Waals surface area contributed by atoms with Gasteiger partial charge in [0.05, 0.1) is 0 Å². The maximum absolute atomic E-state index is 6.05. The quantitative estimate of drug-likeness (QED) is 0.762. The first-order chi connectivity index (χ1) is 9.20. The van der Waals surface area contributed by atoms with E-state index in [1.165, 1.54) is 16.8 Å². The van der Waals surface area contributed by atoms with Crippen molar-refractivity contribution >= 4 is 17.3 Å². The molecule has 0 aromatic heterocycles. The Morgan fingerprint density at radius 3 is 2.63 bits per heavy atom. The lowest BCUT2D eigenvalue weighted by Crippen LogP contribution is -2.08. The summed E-state index contributed by atoms with van der Waals surface area (Å²) in [5.74, 6) is 0. The maximum atomic E-state index is 6.05. The molecular weight excluding hydrogens is 254 g/mol. The van der Waals surface area contributed by atoms with Gasteiger partial charge in [-0.2, -0.15) is 0 Å². The lowest BCUT2D eigenvalue weighted by Gasteiger charge is -2.18. The van der Waals surface area contributed by atoms with E-state index in [0.29, 0.717) is 0 Å². The number of hydrogen-bond donors (Lipinski definition) is 1. The first kappa shape index (κ1) is 14.0. The second-order valence-corrected chi connectivity index (χ2v) is 5.26. The van der Waals surface area contributed by atoms with Crippen LogP contribution in [0.2, 0.25) is 5.02 Å². The molecule has 1 atom stereocenters. The van der Waals surface area contributed by atoms with Crippen LogP contribution in [0.4, 0.5) is 5.69 Å². The standard InChI is InChI=1S/C17H20ClN/c1-3-7-14-8-4-5-11-17(14)19-13(2)15-9-6-10-16(18)12-15/h4-6,8-13,19H,3,7H2,1-2H3. The van der Waals surface area contributed by atoms with Crippen LogP contribution in [0, 0.1) is 0 Å². The summed E-state index contributed by atoms with van der Waals surface area (Å²) >= 11 is 6.05. The second-order valence-electron chi connectivity index (χ2n) is 4.83. The van der Waals surface area contributed by atoms with E-state index in [1.807, 2.05) is 18.2 Å². The number of benzene rings is 2. The Hall–Kier alpha value is -1.47. The second kappa shape index (κ2) is 6.63. The Morgan fingerprint density at radius 2 is 1.89 bits per heavy atom. The van der Waals surface area contributed by atoms with E-state index in [2.05, 4.69) is 49.5 Å². The van der Waals surface area contributed by atoms with Gasteiger partial charge in [-0.25, -0.2) is 0 Å². The lowest BCUT2D eigenvalue weighted by molar-refractivity contribution is 0.867. The van der Waals surface area contributed by atoms with Gasteiger partial charge in [-0.15, -0.1) is 0 Å². The van der Waals surface area contributed by atoms with Gasteiger partial charge in [-0.3, -0.25) is 0 Å². The molecule has 0 aliphatic rings. The molecule has 100 valence electrons. The molecule has 1 nitrogen and oxygen atoms in total. The maximum Gasteiger partial charge on any atom is 0.0486 e. The largest absolute Gasteiger partial charge is 0.378 e. The van der Waals surface area contributed by atoms with E-state index in [-0.39, 0.29) is 6.04 Å². The van der Waals surface area contributed by atoms with Gasteiger partial charge >= 0.3 is 0 Å². The smallest absolute Gasteiger partial charge is 0.0486 e. The van der Waals surface area contributed by atoms with Crippen LogP contribution in [0.1, 0.15) is 37.4 Å². The number of hydrogen-bond acceptors (Lipinski definition) is 1. The van der Waals surface area contributed by atoms with Crippen LogP contribution in [0.25, 0.3) is 0 Å². The van der Waals surface area contributed by atoms with Crippen LogP contribution in [-0.2, 0) is 6.42 Å². The van der Waals surface area contributed by atoms with Crippen LogP contribution in [0.3, 0.4) is 0 Å². The van der Waals surface area contributed by atoms with E-state index in [1.54, 1.807) is 0 Å². The summed E-state index contributed by atoms with van der Waals surface area (Å²) in [4.78, 5) is 0. The highest BCUT2D eigenvalue weighted by Gasteiger charge is 2.08. The average molecular weight is 274 g/mol. The minimum atomic E-state index is 0.247. The summed E-state index contributed by atoms with van der Waals surface area (Å²) in [5, 5.41) is 4.37. The number of anilines is 1. The Morgan fingerprint density at radius 1 is 1.11 bits per heavy atom. The number of halogens is 1. The molecule has 2 rings (SSSR count). The van der Waals surface area contributed by atoms with Crippen molar-refractivity contribution in [3.05, 3.63) is 64.7 Å². The fraction of sp³-hybridized carbons (Fsp3) is 0.294. The van der Waals surface area contributed by atoms with E-state index < -0.39 is 0 Å². The summed E-state index contributed by atoms with van der Waals surface area (Å²) < 4.78 is 0. The van der Waals surface area contributed by atoms with Gasteiger partial charge in [0, 0.05) is 16.8 Å². The molecule has 2 aromatic rings. The van der Waals surface area contributed by atoms with Crippen molar-refractivity contribution in [2.45, 2.75) is 32.7 Å². The Labute approximate surface area is 120 Å². The van der Waals surface area contributed by atoms with Crippen LogP contribution in [-0.4, -0.2) is 0 Å². The van der Waals surface area contributed by atoms with Gasteiger partial charge in [-0.1, -0.05) is 55.3 Å². The zero-order valence-corrected chi connectivity index (χ0v) is 12.2. The Kier molecular flexibility index (Phi) is 4.86. The lowest BCUT2D eigenvalue weighted by atomic mass is 10.0. The van der Waals surface area contributed by atoms with Crippen molar-refractivity contribution in [3.63, 3.8) is 0 Å². The molecule has 0 spiro atoms. The fourth-order valence-corrected chi connectivity index (χ4v) is 2.44. The van der Waals surface area contributed by atoms with Crippen molar-refractivity contribution in [3.8, 4) is 0 Å². The molecule has 2 heteroatoms. The highest BCUT2D eigenvalue weighted by Crippen LogP contribution is 2.24. The predicted octanol–water partition coefficient (Wildman–Crippen LogP) is 5.47. The molecule has 0 saturated carbocycles. The highest BCUT2D eigenvalue weighted by molar-refractivity contribution is 6.30. The molecular formula is C17H20ClN. The monoisotopic (exact) mass is 273 g/mol. The molecule has 0 bridgehead atoms. The number of rotatable bonds is 5. The molecule has 0 aliphatic heterocycles. The van der Waals surface area contributed by atoms with Crippen LogP contribution < -0.4 is 5.32 Å². The van der Waals surface area contributed by atoms with Gasteiger partial charge in [0.1, 0.15) is 0 Å². The first-order valence-electron chi connectivity index (χ1n) is 6.80. The Balaban J connectivity index is 2.16. The summed E-state index contributed by atoms with van der Waals surface area (Å²) in [6.07, 6.45) is 2.26. The zero-order valence-electron chi connectivity index (χ0n) is 11.5. The van der Waals surface area contributed by atoms with Crippen molar-refractivity contribution in [2.24, 2.45) is 0 Å². The summed E-state index contributed by atoms with van der Waals surface area (Å²) in [7, 11) is 0. The molecule has 0 aliphatic carbocycles. The molecule has 0 fully saturated rings. The van der Waals surface area contributed by atoms with Crippen molar-refractivity contribution in [1.29, 1.82) is 0 Å². The first-order valence-corrected chi connectivity index (χ1v) is 7.18. The molecule has 19 heavy (non-hydrogen) atoms. The van der Waals surface area contributed by atoms with Gasteiger partial charge in [0.25, 0.3) is 0 Å². The molecule has 2 aromatic carbocycles. The van der Waals surface area contributed by atoms with E-state index >= 15 is 0 Å². The highest BCUT2D eigenvalue weighted by atomic mass is 35.5. The molecule has 1 N–H and O–H groups in total. The normalized spacial score (nSPS) is 12.2. The van der Waals surface area contributed by atoms with Gasteiger partial charge in [0.15, 0.2) is 0 Å². The Bertz CT molecular complexity index is 536. The van der Waals surface area contributed by atoms with E-state index in [4.69, 9.17) is 11.6 Å². The average Bonchev–Trinajstić information content (AvgIpc) is 2.41. The molecule has 0 radical (unpaired) electrons. The van der Waals surface area contributed by atoms with Crippen LogP contribution in [0.5, 0.6) is 0 Å². The fourth-order valence-electron chi connectivity index (χ4n) is 2.24. The summed E-state index contributed by atoms with van der Waals surface area (Å²) in [6.45, 7) is 4.37. The van der Waals surface area contributed by atoms with E-state index in [0.717, 1.165) is 17.9 Å². The predicted molar refractivity (Wildman–Crippen MR) is 83.9 cm³/mol. The van der Waals surface area contributed by atoms with Crippen molar-refractivity contribution < 1.29 is 0 Å². The third kappa shape index (κ3) is 3.74. The topological polar surface area (TPSA) is 12.0 Å². The summed E-state index contributed by atoms with van der Waals surface area (Å²) in [6, 6.07) is 16.8. The SMILES string of the molecule is CCCc1ccccc1NC(C)c1cccc(Cl)c1. The molecule has 1 unspecified atom stereocenters. The van der Waals surface area contributed by atoms with Crippen molar-refractivity contribution in [1.82, 2.24) is 0 Å². The molecule has 0 heterocycles. The van der Waals surface area contributed by atoms with Crippen LogP contribution >= 0.6 is 11.6 Å². The molecule has 0 saturated heterocycles. The van der Waals surface area contributed by atoms with Crippen LogP contribution in [0.15, 0.2) is 48.5 Å². The minimum Gasteiger partial charge on any atom is -0.378 e.